The molecular formula is C15H20FIN2O. The van der Waals surface area contributed by atoms with Crippen molar-refractivity contribution < 1.29 is 9.18 Å². The van der Waals surface area contributed by atoms with Crippen molar-refractivity contribution in [1.82, 2.24) is 5.32 Å². The van der Waals surface area contributed by atoms with Crippen LogP contribution < -0.4 is 10.6 Å². The molecule has 1 aromatic carbocycles. The molecular weight excluding hydrogens is 370 g/mol. The number of hydrogen-bond donors (Lipinski definition) is 2. The van der Waals surface area contributed by atoms with Gasteiger partial charge in [-0.25, -0.2) is 4.39 Å². The van der Waals surface area contributed by atoms with Gasteiger partial charge in [0.1, 0.15) is 11.9 Å². The zero-order chi connectivity index (χ0) is 14.5. The quantitative estimate of drug-likeness (QED) is 0.771. The normalized spacial score (nSPS) is 17.6. The molecule has 2 rings (SSSR count). The highest BCUT2D eigenvalue weighted by molar-refractivity contribution is 14.1. The molecule has 0 aromatic heterocycles. The monoisotopic (exact) mass is 390 g/mol. The number of hydrogen-bond acceptors (Lipinski definition) is 2. The molecule has 1 saturated carbocycles. The van der Waals surface area contributed by atoms with Gasteiger partial charge in [-0.3, -0.25) is 4.79 Å². The van der Waals surface area contributed by atoms with Gasteiger partial charge in [0.15, 0.2) is 0 Å². The Morgan fingerprint density at radius 2 is 2.05 bits per heavy atom. The average Bonchev–Trinajstić information content (AvgIpc) is 2.43. The van der Waals surface area contributed by atoms with E-state index in [9.17, 15) is 9.18 Å². The number of halogens is 2. The molecule has 3 nitrogen and oxygen atoms in total. The zero-order valence-electron chi connectivity index (χ0n) is 11.6. The molecule has 0 radical (unpaired) electrons. The summed E-state index contributed by atoms with van der Waals surface area (Å²) in [4.78, 5) is 12.1. The van der Waals surface area contributed by atoms with Crippen molar-refractivity contribution in [3.05, 3.63) is 27.6 Å². The van der Waals surface area contributed by atoms with Crippen LogP contribution in [0.4, 0.5) is 10.1 Å². The Labute approximate surface area is 132 Å². The molecule has 1 aliphatic rings. The van der Waals surface area contributed by atoms with Crippen LogP contribution in [-0.4, -0.2) is 18.0 Å². The van der Waals surface area contributed by atoms with Gasteiger partial charge in [-0.05, 0) is 60.6 Å². The summed E-state index contributed by atoms with van der Waals surface area (Å²) in [5.74, 6) is -0.253. The zero-order valence-corrected chi connectivity index (χ0v) is 13.7. The second-order valence-corrected chi connectivity index (χ2v) is 6.50. The summed E-state index contributed by atoms with van der Waals surface area (Å²) < 4.78 is 13.8. The van der Waals surface area contributed by atoms with Gasteiger partial charge in [-0.15, -0.1) is 0 Å². The molecule has 1 amide bonds. The van der Waals surface area contributed by atoms with E-state index in [4.69, 9.17) is 0 Å². The van der Waals surface area contributed by atoms with E-state index in [1.165, 1.54) is 31.4 Å². The van der Waals surface area contributed by atoms with E-state index >= 15 is 0 Å². The van der Waals surface area contributed by atoms with E-state index in [1.54, 1.807) is 6.07 Å². The highest BCUT2D eigenvalue weighted by Gasteiger charge is 2.19. The molecule has 1 atom stereocenters. The standard InChI is InChI=1S/C15H20FIN2O/c1-10(15(20)19-12-5-3-2-4-6-12)18-14-8-7-11(16)9-13(14)17/h7-10,12,18H,2-6H2,1H3,(H,19,20). The molecule has 20 heavy (non-hydrogen) atoms. The van der Waals surface area contributed by atoms with Crippen LogP contribution in [0.1, 0.15) is 39.0 Å². The van der Waals surface area contributed by atoms with Crippen molar-refractivity contribution in [2.24, 2.45) is 0 Å². The lowest BCUT2D eigenvalue weighted by Crippen LogP contribution is -2.44. The molecule has 5 heteroatoms. The first-order valence-electron chi connectivity index (χ1n) is 7.08. The van der Waals surface area contributed by atoms with Crippen LogP contribution in [0.3, 0.4) is 0 Å². The smallest absolute Gasteiger partial charge is 0.242 e. The lowest BCUT2D eigenvalue weighted by Gasteiger charge is -2.25. The fraction of sp³-hybridized carbons (Fsp3) is 0.533. The molecule has 2 N–H and O–H groups in total. The second kappa shape index (κ2) is 7.24. The Morgan fingerprint density at radius 3 is 2.70 bits per heavy atom. The summed E-state index contributed by atoms with van der Waals surface area (Å²) in [6.07, 6.45) is 5.82. The maximum Gasteiger partial charge on any atom is 0.242 e. The summed E-state index contributed by atoms with van der Waals surface area (Å²) >= 11 is 2.06. The predicted octanol–water partition coefficient (Wildman–Crippen LogP) is 3.68. The van der Waals surface area contributed by atoms with E-state index in [0.29, 0.717) is 6.04 Å². The number of carbonyl (C=O) groups excluding carboxylic acids is 1. The Morgan fingerprint density at radius 1 is 1.35 bits per heavy atom. The summed E-state index contributed by atoms with van der Waals surface area (Å²) in [5, 5.41) is 6.23. The van der Waals surface area contributed by atoms with Crippen LogP contribution in [0.2, 0.25) is 0 Å². The summed E-state index contributed by atoms with van der Waals surface area (Å²) in [5.41, 5.74) is 0.790. The van der Waals surface area contributed by atoms with Crippen LogP contribution in [0.15, 0.2) is 18.2 Å². The molecule has 1 aromatic rings. The van der Waals surface area contributed by atoms with Gasteiger partial charge in [0.05, 0.1) is 0 Å². The van der Waals surface area contributed by atoms with Crippen molar-refractivity contribution in [2.75, 3.05) is 5.32 Å². The highest BCUT2D eigenvalue weighted by atomic mass is 127. The predicted molar refractivity (Wildman–Crippen MR) is 87.2 cm³/mol. The van der Waals surface area contributed by atoms with Crippen molar-refractivity contribution in [3.8, 4) is 0 Å². The number of nitrogens with one attached hydrogen (secondary N) is 2. The largest absolute Gasteiger partial charge is 0.373 e. The van der Waals surface area contributed by atoms with Crippen LogP contribution in [-0.2, 0) is 4.79 Å². The molecule has 0 aliphatic heterocycles. The van der Waals surface area contributed by atoms with Gasteiger partial charge in [0.25, 0.3) is 0 Å². The van der Waals surface area contributed by atoms with Crippen LogP contribution in [0.25, 0.3) is 0 Å². The van der Waals surface area contributed by atoms with Gasteiger partial charge in [-0.2, -0.15) is 0 Å². The third kappa shape index (κ3) is 4.33. The van der Waals surface area contributed by atoms with E-state index in [1.807, 2.05) is 6.92 Å². The molecule has 0 spiro atoms. The number of rotatable bonds is 4. The SMILES string of the molecule is CC(Nc1ccc(F)cc1I)C(=O)NC1CCCCC1. The molecule has 1 fully saturated rings. The Kier molecular flexibility index (Phi) is 5.63. The minimum absolute atomic E-state index is 0.0111. The lowest BCUT2D eigenvalue weighted by molar-refractivity contribution is -0.122. The van der Waals surface area contributed by atoms with Crippen molar-refractivity contribution in [2.45, 2.75) is 51.1 Å². The van der Waals surface area contributed by atoms with E-state index in [0.717, 1.165) is 22.1 Å². The average molecular weight is 390 g/mol. The van der Waals surface area contributed by atoms with Gasteiger partial charge in [0.2, 0.25) is 5.91 Å². The van der Waals surface area contributed by atoms with E-state index in [2.05, 4.69) is 33.2 Å². The van der Waals surface area contributed by atoms with E-state index < -0.39 is 0 Å². The van der Waals surface area contributed by atoms with Crippen molar-refractivity contribution >= 4 is 34.2 Å². The fourth-order valence-corrected chi connectivity index (χ4v) is 3.11. The van der Waals surface area contributed by atoms with Crippen LogP contribution >= 0.6 is 22.6 Å². The fourth-order valence-electron chi connectivity index (χ4n) is 2.48. The Bertz CT molecular complexity index is 475. The van der Waals surface area contributed by atoms with Gasteiger partial charge >= 0.3 is 0 Å². The second-order valence-electron chi connectivity index (χ2n) is 5.33. The van der Waals surface area contributed by atoms with Gasteiger partial charge in [-0.1, -0.05) is 19.3 Å². The number of benzene rings is 1. The summed E-state index contributed by atoms with van der Waals surface area (Å²) in [6, 6.07) is 4.51. The van der Waals surface area contributed by atoms with Gasteiger partial charge < -0.3 is 10.6 Å². The maximum atomic E-state index is 13.0. The minimum atomic E-state index is -0.323. The lowest BCUT2D eigenvalue weighted by atomic mass is 9.95. The Balaban J connectivity index is 1.89. The van der Waals surface area contributed by atoms with Crippen molar-refractivity contribution in [1.29, 1.82) is 0 Å². The highest BCUT2D eigenvalue weighted by Crippen LogP contribution is 2.20. The maximum absolute atomic E-state index is 13.0. The molecule has 110 valence electrons. The van der Waals surface area contributed by atoms with Crippen LogP contribution in [0, 0.1) is 9.39 Å². The molecule has 0 bridgehead atoms. The molecule has 0 saturated heterocycles. The summed E-state index contributed by atoms with van der Waals surface area (Å²) in [6.45, 7) is 1.83. The summed E-state index contributed by atoms with van der Waals surface area (Å²) in [7, 11) is 0. The number of carbonyl (C=O) groups is 1. The Hall–Kier alpha value is -0.850. The molecule has 1 unspecified atom stereocenters. The molecule has 0 heterocycles. The third-order valence-electron chi connectivity index (χ3n) is 3.65. The number of amides is 1. The van der Waals surface area contributed by atoms with Crippen LogP contribution in [0.5, 0.6) is 0 Å². The minimum Gasteiger partial charge on any atom is -0.373 e. The van der Waals surface area contributed by atoms with Gasteiger partial charge in [0, 0.05) is 15.3 Å². The first-order chi connectivity index (χ1) is 9.56. The van der Waals surface area contributed by atoms with Crippen molar-refractivity contribution in [3.63, 3.8) is 0 Å². The topological polar surface area (TPSA) is 41.1 Å². The first-order valence-corrected chi connectivity index (χ1v) is 8.16. The molecule has 1 aliphatic carbocycles. The first kappa shape index (κ1) is 15.5. The third-order valence-corrected chi connectivity index (χ3v) is 4.54. The number of anilines is 1. The van der Waals surface area contributed by atoms with E-state index in [-0.39, 0.29) is 17.8 Å².